The van der Waals surface area contributed by atoms with Gasteiger partial charge >= 0.3 is 0 Å². The topological polar surface area (TPSA) is 77.5 Å². The van der Waals surface area contributed by atoms with E-state index in [0.717, 1.165) is 17.1 Å². The van der Waals surface area contributed by atoms with Crippen LogP contribution in [0.2, 0.25) is 5.02 Å². The number of hydrogen-bond acceptors (Lipinski definition) is 7. The highest BCUT2D eigenvalue weighted by Gasteiger charge is 2.13. The van der Waals surface area contributed by atoms with Crippen LogP contribution in [-0.2, 0) is 6.54 Å². The van der Waals surface area contributed by atoms with Gasteiger partial charge in [-0.25, -0.2) is 4.98 Å². The number of halogens is 1. The van der Waals surface area contributed by atoms with Gasteiger partial charge in [-0.2, -0.15) is 4.98 Å². The summed E-state index contributed by atoms with van der Waals surface area (Å²) in [5.41, 5.74) is 1.75. The van der Waals surface area contributed by atoms with E-state index in [4.69, 9.17) is 25.8 Å². The molecule has 8 heteroatoms. The molecular weight excluding hydrogens is 368 g/mol. The standard InChI is InChI=1S/C19H17ClN4O3/c1-25-15-5-3-13(20)9-14(15)23-19-21-7-6-18(24-19)22-10-12-2-4-16-17(8-12)27-11-26-16/h2-9H,10-11H2,1H3,(H2,21,22,23,24). The summed E-state index contributed by atoms with van der Waals surface area (Å²) in [6, 6.07) is 12.9. The highest BCUT2D eigenvalue weighted by atomic mass is 35.5. The molecule has 1 aromatic heterocycles. The Labute approximate surface area is 161 Å². The molecule has 0 amide bonds. The monoisotopic (exact) mass is 384 g/mol. The number of nitrogens with one attached hydrogen (secondary N) is 2. The number of anilines is 3. The summed E-state index contributed by atoms with van der Waals surface area (Å²) in [7, 11) is 1.60. The molecule has 0 saturated heterocycles. The molecule has 4 rings (SSSR count). The van der Waals surface area contributed by atoms with E-state index in [0.29, 0.717) is 34.8 Å². The lowest BCUT2D eigenvalue weighted by Crippen LogP contribution is -2.04. The fraction of sp³-hybridized carbons (Fsp3) is 0.158. The Hall–Kier alpha value is -3.19. The zero-order chi connectivity index (χ0) is 18.6. The summed E-state index contributed by atoms with van der Waals surface area (Å²) in [5.74, 6) is 3.30. The normalized spacial score (nSPS) is 11.9. The molecule has 3 aromatic rings. The van der Waals surface area contributed by atoms with Crippen molar-refractivity contribution < 1.29 is 14.2 Å². The third kappa shape index (κ3) is 3.98. The van der Waals surface area contributed by atoms with Gasteiger partial charge in [-0.05, 0) is 42.0 Å². The van der Waals surface area contributed by atoms with E-state index in [-0.39, 0.29) is 6.79 Å². The van der Waals surface area contributed by atoms with E-state index >= 15 is 0 Å². The molecule has 2 aromatic carbocycles. The van der Waals surface area contributed by atoms with Gasteiger partial charge in [0.25, 0.3) is 0 Å². The van der Waals surface area contributed by atoms with Crippen molar-refractivity contribution in [2.45, 2.75) is 6.54 Å². The predicted octanol–water partition coefficient (Wildman–Crippen LogP) is 4.22. The molecule has 0 fully saturated rings. The number of aromatic nitrogens is 2. The number of ether oxygens (including phenoxy) is 3. The van der Waals surface area contributed by atoms with Crippen molar-refractivity contribution in [3.63, 3.8) is 0 Å². The summed E-state index contributed by atoms with van der Waals surface area (Å²) in [4.78, 5) is 8.72. The largest absolute Gasteiger partial charge is 0.495 e. The van der Waals surface area contributed by atoms with Gasteiger partial charge in [0, 0.05) is 17.8 Å². The molecule has 2 heterocycles. The summed E-state index contributed by atoms with van der Waals surface area (Å²) >= 11 is 6.06. The smallest absolute Gasteiger partial charge is 0.231 e. The van der Waals surface area contributed by atoms with Crippen LogP contribution in [0.5, 0.6) is 17.2 Å². The van der Waals surface area contributed by atoms with Crippen LogP contribution < -0.4 is 24.8 Å². The van der Waals surface area contributed by atoms with Crippen molar-refractivity contribution in [2.75, 3.05) is 24.5 Å². The van der Waals surface area contributed by atoms with Crippen LogP contribution in [-0.4, -0.2) is 23.9 Å². The maximum Gasteiger partial charge on any atom is 0.231 e. The van der Waals surface area contributed by atoms with E-state index in [1.807, 2.05) is 18.2 Å². The molecule has 138 valence electrons. The van der Waals surface area contributed by atoms with E-state index < -0.39 is 0 Å². The van der Waals surface area contributed by atoms with Crippen molar-refractivity contribution in [3.05, 3.63) is 59.2 Å². The highest BCUT2D eigenvalue weighted by Crippen LogP contribution is 2.33. The molecule has 0 bridgehead atoms. The summed E-state index contributed by atoms with van der Waals surface area (Å²) < 4.78 is 16.1. The van der Waals surface area contributed by atoms with Crippen LogP contribution in [0.25, 0.3) is 0 Å². The van der Waals surface area contributed by atoms with Crippen molar-refractivity contribution in [2.24, 2.45) is 0 Å². The second-order valence-electron chi connectivity index (χ2n) is 5.78. The zero-order valence-electron chi connectivity index (χ0n) is 14.5. The van der Waals surface area contributed by atoms with Crippen LogP contribution in [0, 0.1) is 0 Å². The average molecular weight is 385 g/mol. The number of benzene rings is 2. The molecule has 7 nitrogen and oxygen atoms in total. The maximum absolute atomic E-state index is 6.06. The van der Waals surface area contributed by atoms with E-state index in [1.54, 1.807) is 37.6 Å². The molecular formula is C19H17ClN4O3. The van der Waals surface area contributed by atoms with E-state index in [2.05, 4.69) is 20.6 Å². The number of rotatable bonds is 6. The predicted molar refractivity (Wildman–Crippen MR) is 103 cm³/mol. The Bertz CT molecular complexity index is 967. The van der Waals surface area contributed by atoms with E-state index in [9.17, 15) is 0 Å². The molecule has 0 saturated carbocycles. The maximum atomic E-state index is 6.06. The van der Waals surface area contributed by atoms with Gasteiger partial charge < -0.3 is 24.8 Å². The van der Waals surface area contributed by atoms with Gasteiger partial charge in [0.2, 0.25) is 12.7 Å². The van der Waals surface area contributed by atoms with Gasteiger partial charge in [0.15, 0.2) is 11.5 Å². The molecule has 2 N–H and O–H groups in total. The third-order valence-corrected chi connectivity index (χ3v) is 4.21. The SMILES string of the molecule is COc1ccc(Cl)cc1Nc1nccc(NCc2ccc3c(c2)OCO3)n1. The molecule has 0 aliphatic carbocycles. The Balaban J connectivity index is 1.46. The van der Waals surface area contributed by atoms with Crippen LogP contribution in [0.15, 0.2) is 48.7 Å². The summed E-state index contributed by atoms with van der Waals surface area (Å²) in [6.07, 6.45) is 1.67. The first kappa shape index (κ1) is 17.2. The Morgan fingerprint density at radius 1 is 1.11 bits per heavy atom. The Morgan fingerprint density at radius 2 is 2.00 bits per heavy atom. The van der Waals surface area contributed by atoms with E-state index in [1.165, 1.54) is 0 Å². The molecule has 0 unspecified atom stereocenters. The minimum Gasteiger partial charge on any atom is -0.495 e. The summed E-state index contributed by atoms with van der Waals surface area (Å²) in [5, 5.41) is 7.00. The van der Waals surface area contributed by atoms with Crippen LogP contribution in [0.3, 0.4) is 0 Å². The van der Waals surface area contributed by atoms with Crippen molar-refractivity contribution in [3.8, 4) is 17.2 Å². The number of fused-ring (bicyclic) bond motifs is 1. The number of methoxy groups -OCH3 is 1. The minimum atomic E-state index is 0.264. The van der Waals surface area contributed by atoms with Crippen LogP contribution >= 0.6 is 11.6 Å². The van der Waals surface area contributed by atoms with Gasteiger partial charge in [0.1, 0.15) is 11.6 Å². The molecule has 0 spiro atoms. The molecule has 1 aliphatic rings. The van der Waals surface area contributed by atoms with Crippen molar-refractivity contribution >= 4 is 29.1 Å². The molecule has 1 aliphatic heterocycles. The van der Waals surface area contributed by atoms with Gasteiger partial charge in [-0.15, -0.1) is 0 Å². The lowest BCUT2D eigenvalue weighted by molar-refractivity contribution is 0.174. The lowest BCUT2D eigenvalue weighted by atomic mass is 10.2. The quantitative estimate of drug-likeness (QED) is 0.658. The van der Waals surface area contributed by atoms with Gasteiger partial charge in [-0.1, -0.05) is 17.7 Å². The molecule has 0 atom stereocenters. The first-order valence-corrected chi connectivity index (χ1v) is 8.65. The molecule has 27 heavy (non-hydrogen) atoms. The number of nitrogens with zero attached hydrogens (tertiary/aromatic N) is 2. The highest BCUT2D eigenvalue weighted by molar-refractivity contribution is 6.31. The lowest BCUT2D eigenvalue weighted by Gasteiger charge is -2.11. The zero-order valence-corrected chi connectivity index (χ0v) is 15.3. The first-order valence-electron chi connectivity index (χ1n) is 8.27. The fourth-order valence-corrected chi connectivity index (χ4v) is 2.83. The van der Waals surface area contributed by atoms with Crippen molar-refractivity contribution in [1.82, 2.24) is 9.97 Å². The van der Waals surface area contributed by atoms with Crippen molar-refractivity contribution in [1.29, 1.82) is 0 Å². The van der Waals surface area contributed by atoms with Gasteiger partial charge in [0.05, 0.1) is 12.8 Å². The number of hydrogen-bond donors (Lipinski definition) is 2. The Kier molecular flexibility index (Phi) is 4.84. The Morgan fingerprint density at radius 3 is 2.89 bits per heavy atom. The van der Waals surface area contributed by atoms with Crippen LogP contribution in [0.1, 0.15) is 5.56 Å². The third-order valence-electron chi connectivity index (χ3n) is 3.97. The minimum absolute atomic E-state index is 0.264. The second kappa shape index (κ2) is 7.59. The first-order chi connectivity index (χ1) is 13.2. The molecule has 0 radical (unpaired) electrons. The van der Waals surface area contributed by atoms with Crippen LogP contribution in [0.4, 0.5) is 17.5 Å². The fourth-order valence-electron chi connectivity index (χ4n) is 2.66. The summed E-state index contributed by atoms with van der Waals surface area (Å²) in [6.45, 7) is 0.855. The van der Waals surface area contributed by atoms with Gasteiger partial charge in [-0.3, -0.25) is 0 Å². The second-order valence-corrected chi connectivity index (χ2v) is 6.21. The average Bonchev–Trinajstić information content (AvgIpc) is 3.15.